The molecule has 1 aliphatic rings. The topological polar surface area (TPSA) is 30.2 Å². The molecule has 0 saturated carbocycles. The van der Waals surface area contributed by atoms with Crippen LogP contribution in [0.25, 0.3) is 6.08 Å². The van der Waals surface area contributed by atoms with Gasteiger partial charge in [0.1, 0.15) is 0 Å². The fraction of sp³-hybridized carbons (Fsp3) is 0.400. The molecule has 3 nitrogen and oxygen atoms in total. The highest BCUT2D eigenvalue weighted by atomic mass is 15.5. The highest BCUT2D eigenvalue weighted by Crippen LogP contribution is 2.07. The molecule has 2 heterocycles. The van der Waals surface area contributed by atoms with E-state index >= 15 is 0 Å². The number of nitrogens with zero attached hydrogens (tertiary/aromatic N) is 3. The lowest BCUT2D eigenvalue weighted by Crippen LogP contribution is -1.92. The molecule has 3 heteroatoms. The molecule has 0 radical (unpaired) electrons. The minimum absolute atomic E-state index is 0.891. The lowest BCUT2D eigenvalue weighted by atomic mass is 10.3. The number of hydrogen-bond acceptors (Lipinski definition) is 2. The van der Waals surface area contributed by atoms with E-state index in [-0.39, 0.29) is 0 Å². The van der Waals surface area contributed by atoms with Crippen molar-refractivity contribution in [3.63, 3.8) is 0 Å². The van der Waals surface area contributed by atoms with Gasteiger partial charge in [0.15, 0.2) is 0 Å². The van der Waals surface area contributed by atoms with Gasteiger partial charge in [0.25, 0.3) is 0 Å². The zero-order valence-electron chi connectivity index (χ0n) is 8.36. The van der Waals surface area contributed by atoms with E-state index < -0.39 is 0 Å². The predicted octanol–water partition coefficient (Wildman–Crippen LogP) is 2.47. The first-order valence-corrected chi connectivity index (χ1v) is 4.62. The van der Waals surface area contributed by atoms with Gasteiger partial charge in [-0.1, -0.05) is 19.9 Å². The van der Waals surface area contributed by atoms with Gasteiger partial charge in [0.2, 0.25) is 0 Å². The lowest BCUT2D eigenvalue weighted by molar-refractivity contribution is 0.728. The minimum Gasteiger partial charge on any atom is -0.163 e. The first-order chi connectivity index (χ1) is 6.36. The number of aromatic nitrogens is 2. The summed E-state index contributed by atoms with van der Waals surface area (Å²) in [5.74, 6) is 0. The maximum atomic E-state index is 4.18. The number of fused-ring (bicyclic) bond motifs is 1. The third kappa shape index (κ3) is 2.28. The third-order valence-electron chi connectivity index (χ3n) is 1.56. The van der Waals surface area contributed by atoms with Gasteiger partial charge in [0, 0.05) is 12.6 Å². The molecule has 13 heavy (non-hydrogen) atoms. The van der Waals surface area contributed by atoms with Crippen LogP contribution in [0.4, 0.5) is 0 Å². The maximum absolute atomic E-state index is 4.18. The van der Waals surface area contributed by atoms with E-state index in [2.05, 4.69) is 16.3 Å². The summed E-state index contributed by atoms with van der Waals surface area (Å²) in [6, 6.07) is 2.01. The first-order valence-electron chi connectivity index (χ1n) is 4.62. The molecule has 1 aromatic rings. The van der Waals surface area contributed by atoms with E-state index in [1.54, 1.807) is 4.79 Å². The molecule has 0 fully saturated rings. The Hall–Kier alpha value is -1.38. The van der Waals surface area contributed by atoms with E-state index in [9.17, 15) is 0 Å². The second kappa shape index (κ2) is 4.60. The molecule has 0 amide bonds. The number of allylic oxidation sites excluding steroid dienone is 1. The van der Waals surface area contributed by atoms with E-state index in [1.165, 1.54) is 0 Å². The molecule has 0 saturated heterocycles. The molecule has 0 atom stereocenters. The normalized spacial score (nSPS) is 12.8. The Morgan fingerprint density at radius 3 is 2.92 bits per heavy atom. The van der Waals surface area contributed by atoms with Gasteiger partial charge in [0.05, 0.1) is 11.4 Å². The van der Waals surface area contributed by atoms with Gasteiger partial charge in [-0.25, -0.2) is 0 Å². The van der Waals surface area contributed by atoms with Crippen molar-refractivity contribution < 1.29 is 0 Å². The fourth-order valence-corrected chi connectivity index (χ4v) is 1.09. The molecule has 0 spiro atoms. The van der Waals surface area contributed by atoms with Crippen molar-refractivity contribution >= 4 is 12.3 Å². The molecule has 0 N–H and O–H groups in total. The van der Waals surface area contributed by atoms with Crippen LogP contribution < -0.4 is 0 Å². The molecule has 0 aliphatic carbocycles. The van der Waals surface area contributed by atoms with E-state index in [1.807, 2.05) is 39.1 Å². The molecule has 0 aromatic carbocycles. The van der Waals surface area contributed by atoms with Crippen LogP contribution in [0, 0.1) is 6.92 Å². The van der Waals surface area contributed by atoms with Crippen molar-refractivity contribution in [2.24, 2.45) is 5.10 Å². The lowest BCUT2D eigenvalue weighted by Gasteiger charge is -1.90. The van der Waals surface area contributed by atoms with Gasteiger partial charge in [-0.3, -0.25) is 0 Å². The monoisotopic (exact) mass is 177 g/mol. The van der Waals surface area contributed by atoms with Crippen LogP contribution >= 0.6 is 0 Å². The van der Waals surface area contributed by atoms with E-state index in [4.69, 9.17) is 0 Å². The quantitative estimate of drug-likeness (QED) is 0.598. The summed E-state index contributed by atoms with van der Waals surface area (Å²) in [6.07, 6.45) is 6.85. The molecule has 0 bridgehead atoms. The Morgan fingerprint density at radius 2 is 2.15 bits per heavy atom. The van der Waals surface area contributed by atoms with Crippen molar-refractivity contribution in [2.45, 2.75) is 27.2 Å². The largest absolute Gasteiger partial charge is 0.163 e. The maximum Gasteiger partial charge on any atom is 0.0872 e. The summed E-state index contributed by atoms with van der Waals surface area (Å²) in [4.78, 5) is 1.65. The van der Waals surface area contributed by atoms with Crippen molar-refractivity contribution in [1.82, 2.24) is 9.89 Å². The van der Waals surface area contributed by atoms with Gasteiger partial charge < -0.3 is 0 Å². The molecule has 1 aromatic heterocycles. The first kappa shape index (κ1) is 9.71. The average Bonchev–Trinajstić information content (AvgIpc) is 2.36. The zero-order chi connectivity index (χ0) is 9.68. The second-order valence-corrected chi connectivity index (χ2v) is 2.54. The Kier molecular flexibility index (Phi) is 3.43. The Morgan fingerprint density at radius 1 is 1.38 bits per heavy atom. The van der Waals surface area contributed by atoms with Crippen LogP contribution in [-0.2, 0) is 0 Å². The molecule has 0 unspecified atom stereocenters. The van der Waals surface area contributed by atoms with Crippen molar-refractivity contribution in [2.75, 3.05) is 0 Å². The fourth-order valence-electron chi connectivity index (χ4n) is 1.09. The van der Waals surface area contributed by atoms with Gasteiger partial charge in [-0.2, -0.15) is 15.0 Å². The second-order valence-electron chi connectivity index (χ2n) is 2.54. The molecular formula is C10H15N3. The van der Waals surface area contributed by atoms with Crippen LogP contribution in [0.5, 0.6) is 0 Å². The summed E-state index contributed by atoms with van der Waals surface area (Å²) in [6.45, 7) is 5.96. The number of hydrogen-bond donors (Lipinski definition) is 0. The highest BCUT2D eigenvalue weighted by Gasteiger charge is 2.00. The van der Waals surface area contributed by atoms with Gasteiger partial charge >= 0.3 is 0 Å². The summed E-state index contributed by atoms with van der Waals surface area (Å²) >= 11 is 0. The third-order valence-corrected chi connectivity index (χ3v) is 1.56. The van der Waals surface area contributed by atoms with E-state index in [0.29, 0.717) is 0 Å². The highest BCUT2D eigenvalue weighted by molar-refractivity contribution is 5.64. The standard InChI is InChI=1S/C8H9N3.C2H6/c1-7-6-8-4-2-3-5-9-11(8)10-7;1-2/h2,4-6H,3H2,1H3;1-2H3. The zero-order valence-corrected chi connectivity index (χ0v) is 8.36. The number of rotatable bonds is 0. The van der Waals surface area contributed by atoms with Crippen LogP contribution in [0.2, 0.25) is 0 Å². The van der Waals surface area contributed by atoms with Crippen LogP contribution in [-0.4, -0.2) is 16.1 Å². The molecule has 2 rings (SSSR count). The van der Waals surface area contributed by atoms with E-state index in [0.717, 1.165) is 17.8 Å². The van der Waals surface area contributed by atoms with Crippen LogP contribution in [0.1, 0.15) is 31.7 Å². The Labute approximate surface area is 78.8 Å². The Balaban J connectivity index is 0.000000396. The smallest absolute Gasteiger partial charge is 0.0872 e. The van der Waals surface area contributed by atoms with Gasteiger partial charge in [-0.15, -0.1) is 0 Å². The predicted molar refractivity (Wildman–Crippen MR) is 55.9 cm³/mol. The van der Waals surface area contributed by atoms with Crippen LogP contribution in [0.3, 0.4) is 0 Å². The van der Waals surface area contributed by atoms with Crippen molar-refractivity contribution in [3.05, 3.63) is 23.5 Å². The summed E-state index contributed by atoms with van der Waals surface area (Å²) in [5, 5.41) is 8.30. The minimum atomic E-state index is 0.891. The number of aryl methyl sites for hydroxylation is 1. The van der Waals surface area contributed by atoms with Crippen molar-refractivity contribution in [3.8, 4) is 0 Å². The Bertz CT molecular complexity index is 291. The molecule has 1 aliphatic heterocycles. The summed E-state index contributed by atoms with van der Waals surface area (Å²) in [5.41, 5.74) is 2.06. The summed E-state index contributed by atoms with van der Waals surface area (Å²) < 4.78 is 0. The van der Waals surface area contributed by atoms with Crippen molar-refractivity contribution in [1.29, 1.82) is 0 Å². The average molecular weight is 177 g/mol. The molecular weight excluding hydrogens is 162 g/mol. The van der Waals surface area contributed by atoms with Gasteiger partial charge in [-0.05, 0) is 19.1 Å². The van der Waals surface area contributed by atoms with Crippen LogP contribution in [0.15, 0.2) is 17.2 Å². The summed E-state index contributed by atoms with van der Waals surface area (Å²) in [7, 11) is 0. The SMILES string of the molecule is CC.Cc1cc2n(n1)N=CCC=C2. The molecule has 70 valence electrons.